The lowest BCUT2D eigenvalue weighted by Crippen LogP contribution is -2.40. The summed E-state index contributed by atoms with van der Waals surface area (Å²) >= 11 is 0. The zero-order chi connectivity index (χ0) is 15.4. The highest BCUT2D eigenvalue weighted by molar-refractivity contribution is 5.94. The molecule has 1 aromatic rings. The van der Waals surface area contributed by atoms with Crippen molar-refractivity contribution >= 4 is 24.1 Å². The second-order valence-corrected chi connectivity index (χ2v) is 6.41. The third-order valence-electron chi connectivity index (χ3n) is 4.81. The number of methoxy groups -OCH3 is 1. The van der Waals surface area contributed by atoms with Gasteiger partial charge in [-0.1, -0.05) is 12.8 Å². The number of carbonyl (C=O) groups is 1. The van der Waals surface area contributed by atoms with Gasteiger partial charge in [0.25, 0.3) is 0 Å². The van der Waals surface area contributed by atoms with E-state index in [-0.39, 0.29) is 24.4 Å². The average molecular weight is 343 g/mol. The number of aromatic nitrogens is 2. The Morgan fingerprint density at radius 3 is 3.09 bits per heavy atom. The molecule has 2 fully saturated rings. The van der Waals surface area contributed by atoms with Gasteiger partial charge >= 0.3 is 0 Å². The van der Waals surface area contributed by atoms with Gasteiger partial charge in [-0.25, -0.2) is 0 Å². The van der Waals surface area contributed by atoms with E-state index in [1.54, 1.807) is 7.11 Å². The topological polar surface area (TPSA) is 68.2 Å². The molecule has 1 amide bonds. The van der Waals surface area contributed by atoms with Crippen LogP contribution in [0.5, 0.6) is 0 Å². The molecule has 0 radical (unpaired) electrons. The van der Waals surface area contributed by atoms with E-state index >= 15 is 0 Å². The van der Waals surface area contributed by atoms with Gasteiger partial charge in [-0.2, -0.15) is 5.10 Å². The molecule has 3 rings (SSSR count). The summed E-state index contributed by atoms with van der Waals surface area (Å²) in [5.74, 6) is 1.37. The Morgan fingerprint density at radius 2 is 2.30 bits per heavy atom. The van der Waals surface area contributed by atoms with Crippen molar-refractivity contribution in [3.8, 4) is 0 Å². The number of nitrogens with one attached hydrogen (secondary N) is 2. The number of rotatable bonds is 6. The summed E-state index contributed by atoms with van der Waals surface area (Å²) in [4.78, 5) is 12.4. The molecule has 1 saturated heterocycles. The molecule has 6 nitrogen and oxygen atoms in total. The molecule has 7 heteroatoms. The van der Waals surface area contributed by atoms with Crippen LogP contribution in [-0.2, 0) is 16.1 Å². The summed E-state index contributed by atoms with van der Waals surface area (Å²) in [5.41, 5.74) is 0. The van der Waals surface area contributed by atoms with Crippen molar-refractivity contribution in [1.82, 2.24) is 15.1 Å². The molecule has 1 aliphatic carbocycles. The summed E-state index contributed by atoms with van der Waals surface area (Å²) in [6.45, 7) is 1.52. The van der Waals surface area contributed by atoms with Gasteiger partial charge in [0.1, 0.15) is 0 Å². The van der Waals surface area contributed by atoms with E-state index < -0.39 is 0 Å². The van der Waals surface area contributed by atoms with E-state index in [1.807, 2.05) is 16.9 Å². The highest BCUT2D eigenvalue weighted by Crippen LogP contribution is 2.33. The molecule has 2 heterocycles. The second-order valence-electron chi connectivity index (χ2n) is 6.41. The van der Waals surface area contributed by atoms with Crippen LogP contribution in [0, 0.1) is 5.92 Å². The van der Waals surface area contributed by atoms with Crippen molar-refractivity contribution in [2.45, 2.75) is 57.2 Å². The number of halogens is 1. The number of carbonyl (C=O) groups excluding carboxylic acids is 1. The van der Waals surface area contributed by atoms with Gasteiger partial charge in [0, 0.05) is 38.6 Å². The van der Waals surface area contributed by atoms with E-state index in [1.165, 1.54) is 25.7 Å². The smallest absolute Gasteiger partial charge is 0.242 e. The summed E-state index contributed by atoms with van der Waals surface area (Å²) in [6.07, 6.45) is 8.84. The Balaban J connectivity index is 0.00000192. The monoisotopic (exact) mass is 342 g/mol. The van der Waals surface area contributed by atoms with Crippen LogP contribution in [-0.4, -0.2) is 41.5 Å². The molecule has 0 spiro atoms. The average Bonchev–Trinajstić information content (AvgIpc) is 3.14. The number of fused-ring (bicyclic) bond motifs is 1. The first kappa shape index (κ1) is 18.2. The van der Waals surface area contributed by atoms with Gasteiger partial charge in [0.15, 0.2) is 5.82 Å². The number of amides is 1. The summed E-state index contributed by atoms with van der Waals surface area (Å²) < 4.78 is 6.87. The van der Waals surface area contributed by atoms with E-state index in [9.17, 15) is 4.79 Å². The van der Waals surface area contributed by atoms with Crippen LogP contribution in [0.1, 0.15) is 38.5 Å². The Bertz CT molecular complexity index is 494. The van der Waals surface area contributed by atoms with Crippen LogP contribution in [0.15, 0.2) is 12.3 Å². The fraction of sp³-hybridized carbons (Fsp3) is 0.750. The third-order valence-corrected chi connectivity index (χ3v) is 4.81. The molecule has 0 bridgehead atoms. The number of ether oxygens (including phenoxy) is 1. The molecule has 1 saturated carbocycles. The molecule has 0 aromatic carbocycles. The molecule has 3 atom stereocenters. The Hall–Kier alpha value is -1.11. The van der Waals surface area contributed by atoms with E-state index in [2.05, 4.69) is 15.7 Å². The largest absolute Gasteiger partial charge is 0.385 e. The summed E-state index contributed by atoms with van der Waals surface area (Å²) in [7, 11) is 1.70. The molecule has 1 aromatic heterocycles. The van der Waals surface area contributed by atoms with Crippen LogP contribution >= 0.6 is 12.4 Å². The fourth-order valence-corrected chi connectivity index (χ4v) is 3.66. The molecule has 3 unspecified atom stereocenters. The highest BCUT2D eigenvalue weighted by atomic mass is 35.5. The lowest BCUT2D eigenvalue weighted by molar-refractivity contribution is -0.117. The quantitative estimate of drug-likeness (QED) is 0.778. The molecular weight excluding hydrogens is 316 g/mol. The molecule has 1 aliphatic heterocycles. The third kappa shape index (κ3) is 4.68. The van der Waals surface area contributed by atoms with Crippen LogP contribution < -0.4 is 10.6 Å². The van der Waals surface area contributed by atoms with E-state index in [0.29, 0.717) is 17.8 Å². The number of aryl methyl sites for hydroxylation is 1. The Labute approximate surface area is 143 Å². The number of anilines is 1. The van der Waals surface area contributed by atoms with Crippen molar-refractivity contribution in [3.63, 3.8) is 0 Å². The van der Waals surface area contributed by atoms with Gasteiger partial charge in [0.05, 0.1) is 6.04 Å². The predicted octanol–water partition coefficient (Wildman–Crippen LogP) is 2.20. The molecular formula is C16H27ClN4O2. The fourth-order valence-electron chi connectivity index (χ4n) is 3.66. The maximum absolute atomic E-state index is 12.4. The first-order chi connectivity index (χ1) is 10.8. The van der Waals surface area contributed by atoms with Crippen LogP contribution in [0.4, 0.5) is 5.82 Å². The van der Waals surface area contributed by atoms with Crippen molar-refractivity contribution < 1.29 is 9.53 Å². The summed E-state index contributed by atoms with van der Waals surface area (Å²) in [6, 6.07) is 2.33. The minimum Gasteiger partial charge on any atom is -0.385 e. The van der Waals surface area contributed by atoms with Crippen LogP contribution in [0.3, 0.4) is 0 Å². The van der Waals surface area contributed by atoms with E-state index in [0.717, 1.165) is 26.0 Å². The first-order valence-electron chi connectivity index (χ1n) is 8.35. The van der Waals surface area contributed by atoms with Gasteiger partial charge in [0.2, 0.25) is 5.91 Å². The zero-order valence-corrected chi connectivity index (χ0v) is 14.5. The molecule has 2 N–H and O–H groups in total. The maximum Gasteiger partial charge on any atom is 0.242 e. The lowest BCUT2D eigenvalue weighted by Gasteiger charge is -2.24. The van der Waals surface area contributed by atoms with E-state index in [4.69, 9.17) is 4.74 Å². The van der Waals surface area contributed by atoms with Crippen molar-refractivity contribution in [3.05, 3.63) is 12.3 Å². The molecule has 23 heavy (non-hydrogen) atoms. The molecule has 130 valence electrons. The normalized spacial score (nSPS) is 26.4. The van der Waals surface area contributed by atoms with Crippen LogP contribution in [0.25, 0.3) is 0 Å². The van der Waals surface area contributed by atoms with Gasteiger partial charge < -0.3 is 15.4 Å². The lowest BCUT2D eigenvalue weighted by atomic mass is 9.85. The Morgan fingerprint density at radius 1 is 1.48 bits per heavy atom. The van der Waals surface area contributed by atoms with Crippen molar-refractivity contribution in [2.75, 3.05) is 19.0 Å². The second kappa shape index (κ2) is 8.66. The van der Waals surface area contributed by atoms with Gasteiger partial charge in [-0.3, -0.25) is 9.48 Å². The van der Waals surface area contributed by atoms with Gasteiger partial charge in [-0.15, -0.1) is 12.4 Å². The minimum atomic E-state index is -0.0632. The number of hydrogen-bond donors (Lipinski definition) is 2. The van der Waals surface area contributed by atoms with Crippen LogP contribution in [0.2, 0.25) is 0 Å². The Kier molecular flexibility index (Phi) is 6.87. The zero-order valence-electron chi connectivity index (χ0n) is 13.7. The molecule has 2 aliphatic rings. The highest BCUT2D eigenvalue weighted by Gasteiger charge is 2.38. The predicted molar refractivity (Wildman–Crippen MR) is 91.9 cm³/mol. The minimum absolute atomic E-state index is 0. The standard InChI is InChI=1S/C16H26N4O2.ClH/c1-22-10-4-8-20-9-7-15(19-20)18-16(21)14-11-12-5-2-3-6-13(12)17-14;/h7,9,12-14,17H,2-6,8,10-11H2,1H3,(H,18,19,21);1H. The maximum atomic E-state index is 12.4. The van der Waals surface area contributed by atoms with Crippen molar-refractivity contribution in [2.24, 2.45) is 5.92 Å². The number of nitrogens with zero attached hydrogens (tertiary/aromatic N) is 2. The SMILES string of the molecule is COCCCn1ccc(NC(=O)C2CC3CCCCC3N2)n1.Cl. The van der Waals surface area contributed by atoms with Crippen molar-refractivity contribution in [1.29, 1.82) is 0 Å². The first-order valence-corrected chi connectivity index (χ1v) is 8.35. The summed E-state index contributed by atoms with van der Waals surface area (Å²) in [5, 5.41) is 10.8. The number of hydrogen-bond acceptors (Lipinski definition) is 4. The van der Waals surface area contributed by atoms with Gasteiger partial charge in [-0.05, 0) is 31.6 Å².